The summed E-state index contributed by atoms with van der Waals surface area (Å²) in [6.07, 6.45) is 2.48. The van der Waals surface area contributed by atoms with Gasteiger partial charge < -0.3 is 4.74 Å². The van der Waals surface area contributed by atoms with E-state index in [2.05, 4.69) is 10.5 Å². The van der Waals surface area contributed by atoms with Crippen LogP contribution in [0.5, 0.6) is 5.75 Å². The third kappa shape index (κ3) is 7.11. The number of carbonyl (C=O) groups is 1. The Balaban J connectivity index is 1.54. The molecule has 0 atom stereocenters. The second-order valence-corrected chi connectivity index (χ2v) is 9.23. The predicted molar refractivity (Wildman–Crippen MR) is 127 cm³/mol. The monoisotopic (exact) mass is 471 g/mol. The summed E-state index contributed by atoms with van der Waals surface area (Å²) in [5.74, 6) is 0.120. The van der Waals surface area contributed by atoms with Crippen LogP contribution in [0.25, 0.3) is 0 Å². The van der Waals surface area contributed by atoms with E-state index in [0.717, 1.165) is 21.7 Å². The molecule has 166 valence electrons. The number of benzene rings is 3. The van der Waals surface area contributed by atoms with Gasteiger partial charge in [-0.3, -0.25) is 9.10 Å². The summed E-state index contributed by atoms with van der Waals surface area (Å²) < 4.78 is 30.9. The van der Waals surface area contributed by atoms with E-state index in [-0.39, 0.29) is 0 Å². The Morgan fingerprint density at radius 2 is 1.78 bits per heavy atom. The fraction of sp³-hybridized carbons (Fsp3) is 0.130. The van der Waals surface area contributed by atoms with Gasteiger partial charge >= 0.3 is 0 Å². The molecule has 3 aromatic rings. The number of halogens is 1. The maximum Gasteiger partial charge on any atom is 0.260 e. The van der Waals surface area contributed by atoms with Crippen molar-refractivity contribution in [1.29, 1.82) is 0 Å². The Hall–Kier alpha value is -3.36. The van der Waals surface area contributed by atoms with Crippen LogP contribution in [0.2, 0.25) is 5.02 Å². The van der Waals surface area contributed by atoms with Gasteiger partial charge in [-0.15, -0.1) is 0 Å². The Morgan fingerprint density at radius 1 is 1.06 bits per heavy atom. The molecule has 9 heteroatoms. The first-order valence-electron chi connectivity index (χ1n) is 9.63. The summed E-state index contributed by atoms with van der Waals surface area (Å²) >= 11 is 5.93. The number of carbonyl (C=O) groups excluding carboxylic acids is 1. The van der Waals surface area contributed by atoms with Crippen LogP contribution < -0.4 is 14.5 Å². The Labute approximate surface area is 192 Å². The van der Waals surface area contributed by atoms with Crippen LogP contribution >= 0.6 is 11.6 Å². The molecule has 0 aromatic heterocycles. The quantitative estimate of drug-likeness (QED) is 0.379. The van der Waals surface area contributed by atoms with Crippen LogP contribution in [-0.4, -0.2) is 33.3 Å². The van der Waals surface area contributed by atoms with Crippen molar-refractivity contribution in [3.63, 3.8) is 0 Å². The molecular formula is C23H22ClN3O4S. The van der Waals surface area contributed by atoms with Gasteiger partial charge in [0.2, 0.25) is 10.0 Å². The summed E-state index contributed by atoms with van der Waals surface area (Å²) in [6, 6.07) is 23.3. The first-order chi connectivity index (χ1) is 15.3. The van der Waals surface area contributed by atoms with Gasteiger partial charge in [0.1, 0.15) is 18.9 Å². The highest BCUT2D eigenvalue weighted by Gasteiger charge is 2.20. The topological polar surface area (TPSA) is 88.1 Å². The average Bonchev–Trinajstić information content (AvgIpc) is 2.77. The number of nitrogens with zero attached hydrogens (tertiary/aromatic N) is 2. The van der Waals surface area contributed by atoms with E-state index in [9.17, 15) is 13.2 Å². The molecule has 3 aromatic carbocycles. The summed E-state index contributed by atoms with van der Waals surface area (Å²) in [5, 5.41) is 4.26. The minimum Gasteiger partial charge on any atom is -0.489 e. The first-order valence-corrected chi connectivity index (χ1v) is 11.9. The Bertz CT molecular complexity index is 1180. The van der Waals surface area contributed by atoms with Crippen LogP contribution in [0.15, 0.2) is 84.0 Å². The van der Waals surface area contributed by atoms with Crippen LogP contribution in [0, 0.1) is 0 Å². The van der Waals surface area contributed by atoms with Gasteiger partial charge in [0.25, 0.3) is 5.91 Å². The highest BCUT2D eigenvalue weighted by atomic mass is 35.5. The zero-order valence-corrected chi connectivity index (χ0v) is 18.9. The molecule has 0 radical (unpaired) electrons. The molecule has 1 N–H and O–H groups in total. The normalized spacial score (nSPS) is 11.3. The summed E-state index contributed by atoms with van der Waals surface area (Å²) in [5.41, 5.74) is 4.45. The lowest BCUT2D eigenvalue weighted by Crippen LogP contribution is -2.39. The minimum atomic E-state index is -3.69. The van der Waals surface area contributed by atoms with Crippen molar-refractivity contribution in [2.75, 3.05) is 17.1 Å². The van der Waals surface area contributed by atoms with Gasteiger partial charge in [0.05, 0.1) is 18.2 Å². The lowest BCUT2D eigenvalue weighted by Gasteiger charge is -2.21. The van der Waals surface area contributed by atoms with Crippen molar-refractivity contribution in [3.8, 4) is 5.75 Å². The number of hydrogen-bond donors (Lipinski definition) is 1. The predicted octanol–water partition coefficient (Wildman–Crippen LogP) is 3.84. The van der Waals surface area contributed by atoms with E-state index in [1.54, 1.807) is 42.5 Å². The lowest BCUT2D eigenvalue weighted by molar-refractivity contribution is -0.119. The molecule has 0 fully saturated rings. The fourth-order valence-electron chi connectivity index (χ4n) is 2.77. The molecule has 7 nitrogen and oxygen atoms in total. The van der Waals surface area contributed by atoms with Gasteiger partial charge in [0, 0.05) is 5.02 Å². The molecule has 0 unspecified atom stereocenters. The smallest absolute Gasteiger partial charge is 0.260 e. The average molecular weight is 472 g/mol. The molecule has 0 aliphatic rings. The number of nitrogens with one attached hydrogen (secondary N) is 1. The van der Waals surface area contributed by atoms with Crippen LogP contribution in [0.3, 0.4) is 0 Å². The van der Waals surface area contributed by atoms with E-state index in [1.165, 1.54) is 12.3 Å². The molecule has 0 saturated carbocycles. The van der Waals surface area contributed by atoms with Crippen LogP contribution in [0.1, 0.15) is 11.1 Å². The summed E-state index contributed by atoms with van der Waals surface area (Å²) in [6.45, 7) is 0.0383. The number of rotatable bonds is 9. The van der Waals surface area contributed by atoms with E-state index >= 15 is 0 Å². The molecule has 0 bridgehead atoms. The zero-order valence-electron chi connectivity index (χ0n) is 17.3. The van der Waals surface area contributed by atoms with E-state index in [1.807, 2.05) is 30.3 Å². The fourth-order valence-corrected chi connectivity index (χ4v) is 3.80. The second kappa shape index (κ2) is 10.8. The SMILES string of the molecule is CS(=O)(=O)N(CC(=O)N/N=C\c1ccc(OCc2ccccc2)cc1)c1cccc(Cl)c1. The molecule has 0 heterocycles. The zero-order chi connectivity index (χ0) is 23.0. The highest BCUT2D eigenvalue weighted by molar-refractivity contribution is 7.92. The van der Waals surface area contributed by atoms with Crippen molar-refractivity contribution in [2.24, 2.45) is 5.10 Å². The van der Waals surface area contributed by atoms with E-state index in [0.29, 0.717) is 23.1 Å². The Morgan fingerprint density at radius 3 is 2.44 bits per heavy atom. The van der Waals surface area contributed by atoms with E-state index < -0.39 is 22.5 Å². The molecular weight excluding hydrogens is 450 g/mol. The van der Waals surface area contributed by atoms with Gasteiger partial charge in [-0.25, -0.2) is 13.8 Å². The van der Waals surface area contributed by atoms with Crippen LogP contribution in [0.4, 0.5) is 5.69 Å². The van der Waals surface area contributed by atoms with Gasteiger partial charge in [-0.05, 0) is 53.6 Å². The second-order valence-electron chi connectivity index (χ2n) is 6.89. The first kappa shape index (κ1) is 23.3. The highest BCUT2D eigenvalue weighted by Crippen LogP contribution is 2.21. The minimum absolute atomic E-state index is 0.297. The number of amides is 1. The maximum absolute atomic E-state index is 12.2. The molecule has 0 aliphatic heterocycles. The third-order valence-corrected chi connectivity index (χ3v) is 5.69. The number of sulfonamides is 1. The number of hydrazone groups is 1. The standard InChI is InChI=1S/C23H22ClN3O4S/c1-32(29,30)27(21-9-5-8-20(24)14-21)16-23(28)26-25-15-18-10-12-22(13-11-18)31-17-19-6-3-2-4-7-19/h2-15H,16-17H2,1H3,(H,26,28)/b25-15-. The number of ether oxygens (including phenoxy) is 1. The molecule has 0 spiro atoms. The molecule has 0 saturated heterocycles. The Kier molecular flexibility index (Phi) is 7.86. The van der Waals surface area contributed by atoms with Crippen molar-refractivity contribution in [3.05, 3.63) is 95.0 Å². The van der Waals surface area contributed by atoms with Crippen LogP contribution in [-0.2, 0) is 21.4 Å². The number of anilines is 1. The molecule has 0 aliphatic carbocycles. The van der Waals surface area contributed by atoms with Crippen molar-refractivity contribution in [1.82, 2.24) is 5.43 Å². The third-order valence-electron chi connectivity index (χ3n) is 4.32. The maximum atomic E-state index is 12.2. The van der Waals surface area contributed by atoms with Gasteiger partial charge in [-0.2, -0.15) is 5.10 Å². The number of hydrogen-bond acceptors (Lipinski definition) is 5. The summed E-state index contributed by atoms with van der Waals surface area (Å²) in [4.78, 5) is 12.2. The van der Waals surface area contributed by atoms with Gasteiger partial charge in [-0.1, -0.05) is 48.0 Å². The molecule has 1 amide bonds. The summed E-state index contributed by atoms with van der Waals surface area (Å²) in [7, 11) is -3.69. The van der Waals surface area contributed by atoms with Crippen molar-refractivity contribution >= 4 is 39.4 Å². The lowest BCUT2D eigenvalue weighted by atomic mass is 10.2. The van der Waals surface area contributed by atoms with Gasteiger partial charge in [0.15, 0.2) is 0 Å². The largest absolute Gasteiger partial charge is 0.489 e. The van der Waals surface area contributed by atoms with Crippen molar-refractivity contribution in [2.45, 2.75) is 6.61 Å². The molecule has 3 rings (SSSR count). The van der Waals surface area contributed by atoms with Crippen molar-refractivity contribution < 1.29 is 17.9 Å². The molecule has 32 heavy (non-hydrogen) atoms. The van der Waals surface area contributed by atoms with E-state index in [4.69, 9.17) is 16.3 Å².